The highest BCUT2D eigenvalue weighted by molar-refractivity contribution is 7.99. The second-order valence-electron chi connectivity index (χ2n) is 7.21. The molecule has 1 aliphatic heterocycles. The molecule has 0 saturated heterocycles. The lowest BCUT2D eigenvalue weighted by Gasteiger charge is -2.26. The fourth-order valence-electron chi connectivity index (χ4n) is 3.17. The SMILES string of the molecule is Cc1ccc(-n2nnnc2SCC(=O)NC(=O)NCC2COc3ccccc3O2)c(C)c1. The standard InChI is InChI=1S/C21H22N6O4S/c1-13-7-8-16(14(2)9-13)27-21(24-25-26-27)32-12-19(28)23-20(29)22-10-15-11-30-17-5-3-4-6-18(17)31-15/h3-9,15H,10-12H2,1-2H3,(H2,22,23,28,29). The summed E-state index contributed by atoms with van der Waals surface area (Å²) in [6.07, 6.45) is -0.345. The van der Waals surface area contributed by atoms with Gasteiger partial charge in [0.05, 0.1) is 18.0 Å². The highest BCUT2D eigenvalue weighted by atomic mass is 32.2. The van der Waals surface area contributed by atoms with Crippen molar-refractivity contribution in [2.45, 2.75) is 25.1 Å². The quantitative estimate of drug-likeness (QED) is 0.543. The van der Waals surface area contributed by atoms with E-state index < -0.39 is 11.9 Å². The van der Waals surface area contributed by atoms with E-state index >= 15 is 0 Å². The molecule has 1 unspecified atom stereocenters. The fraction of sp³-hybridized carbons (Fsp3) is 0.286. The number of tetrazole rings is 1. The molecule has 11 heteroatoms. The molecule has 2 aromatic carbocycles. The van der Waals surface area contributed by atoms with Crippen LogP contribution in [0.1, 0.15) is 11.1 Å². The number of rotatable bonds is 6. The zero-order valence-corrected chi connectivity index (χ0v) is 18.4. The average Bonchev–Trinajstić information content (AvgIpc) is 3.24. The minimum atomic E-state index is -0.605. The normalized spacial score (nSPS) is 14.6. The summed E-state index contributed by atoms with van der Waals surface area (Å²) in [5.74, 6) is 0.812. The third-order valence-corrected chi connectivity index (χ3v) is 5.58. The number of nitrogens with one attached hydrogen (secondary N) is 2. The lowest BCUT2D eigenvalue weighted by Crippen LogP contribution is -2.46. The van der Waals surface area contributed by atoms with Gasteiger partial charge in [0.2, 0.25) is 11.1 Å². The third kappa shape index (κ3) is 5.17. The molecule has 0 aliphatic carbocycles. The molecule has 2 heterocycles. The molecule has 10 nitrogen and oxygen atoms in total. The van der Waals surface area contributed by atoms with Crippen molar-refractivity contribution in [1.29, 1.82) is 0 Å². The van der Waals surface area contributed by atoms with Gasteiger partial charge in [0.1, 0.15) is 6.61 Å². The molecule has 0 saturated carbocycles. The van der Waals surface area contributed by atoms with Crippen molar-refractivity contribution in [3.05, 3.63) is 53.6 Å². The number of para-hydroxylation sites is 2. The van der Waals surface area contributed by atoms with E-state index in [1.165, 1.54) is 0 Å². The Morgan fingerprint density at radius 3 is 2.81 bits per heavy atom. The van der Waals surface area contributed by atoms with Gasteiger partial charge in [-0.15, -0.1) is 5.10 Å². The number of thioether (sulfide) groups is 1. The largest absolute Gasteiger partial charge is 0.486 e. The van der Waals surface area contributed by atoms with Gasteiger partial charge in [0.25, 0.3) is 0 Å². The van der Waals surface area contributed by atoms with Crippen LogP contribution >= 0.6 is 11.8 Å². The Labute approximate surface area is 188 Å². The zero-order valence-electron chi connectivity index (χ0n) is 17.6. The molecule has 3 aromatic rings. The van der Waals surface area contributed by atoms with Crippen LogP contribution in [0.2, 0.25) is 0 Å². The summed E-state index contributed by atoms with van der Waals surface area (Å²) >= 11 is 1.14. The van der Waals surface area contributed by atoms with Crippen molar-refractivity contribution in [2.24, 2.45) is 0 Å². The van der Waals surface area contributed by atoms with Crippen LogP contribution in [0.3, 0.4) is 0 Å². The van der Waals surface area contributed by atoms with Crippen LogP contribution in [0.25, 0.3) is 5.69 Å². The lowest BCUT2D eigenvalue weighted by molar-refractivity contribution is -0.117. The van der Waals surface area contributed by atoms with Crippen LogP contribution in [0.5, 0.6) is 11.5 Å². The van der Waals surface area contributed by atoms with Crippen LogP contribution in [-0.2, 0) is 4.79 Å². The second-order valence-corrected chi connectivity index (χ2v) is 8.15. The third-order valence-electron chi connectivity index (χ3n) is 4.66. The van der Waals surface area contributed by atoms with Crippen molar-refractivity contribution < 1.29 is 19.1 Å². The molecular weight excluding hydrogens is 432 g/mol. The number of carbonyl (C=O) groups excluding carboxylic acids is 2. The van der Waals surface area contributed by atoms with Crippen LogP contribution in [0.4, 0.5) is 4.79 Å². The van der Waals surface area contributed by atoms with E-state index in [4.69, 9.17) is 9.47 Å². The Bertz CT molecular complexity index is 1130. The van der Waals surface area contributed by atoms with Crippen LogP contribution in [0.15, 0.2) is 47.6 Å². The number of carbonyl (C=O) groups is 2. The van der Waals surface area contributed by atoms with Gasteiger partial charge in [-0.3, -0.25) is 10.1 Å². The van der Waals surface area contributed by atoms with E-state index in [2.05, 4.69) is 26.2 Å². The predicted octanol–water partition coefficient (Wildman–Crippen LogP) is 2.04. The van der Waals surface area contributed by atoms with Crippen molar-refractivity contribution >= 4 is 23.7 Å². The molecule has 2 N–H and O–H groups in total. The van der Waals surface area contributed by atoms with Gasteiger partial charge in [-0.25, -0.2) is 4.79 Å². The molecule has 166 valence electrons. The van der Waals surface area contributed by atoms with Crippen molar-refractivity contribution in [1.82, 2.24) is 30.8 Å². The maximum absolute atomic E-state index is 12.2. The fourth-order valence-corrected chi connectivity index (χ4v) is 3.85. The van der Waals surface area contributed by atoms with E-state index in [0.717, 1.165) is 28.6 Å². The first-order chi connectivity index (χ1) is 15.5. The molecule has 1 aromatic heterocycles. The highest BCUT2D eigenvalue weighted by Crippen LogP contribution is 2.30. The number of ether oxygens (including phenoxy) is 2. The van der Waals surface area contributed by atoms with E-state index in [9.17, 15) is 9.59 Å². The molecule has 0 radical (unpaired) electrons. The number of imide groups is 1. The smallest absolute Gasteiger partial charge is 0.321 e. The first-order valence-electron chi connectivity index (χ1n) is 9.94. The number of fused-ring (bicyclic) bond motifs is 1. The number of hydrogen-bond donors (Lipinski definition) is 2. The Morgan fingerprint density at radius 1 is 1.19 bits per heavy atom. The van der Waals surface area contributed by atoms with Gasteiger partial charge in [-0.05, 0) is 48.0 Å². The van der Waals surface area contributed by atoms with Gasteiger partial charge in [-0.2, -0.15) is 4.68 Å². The topological polar surface area (TPSA) is 120 Å². The van der Waals surface area contributed by atoms with Gasteiger partial charge in [0, 0.05) is 0 Å². The summed E-state index contributed by atoms with van der Waals surface area (Å²) in [4.78, 5) is 24.3. The van der Waals surface area contributed by atoms with Crippen molar-refractivity contribution in [2.75, 3.05) is 18.9 Å². The minimum Gasteiger partial charge on any atom is -0.486 e. The van der Waals surface area contributed by atoms with Gasteiger partial charge in [-0.1, -0.05) is 41.6 Å². The molecular formula is C21H22N6O4S. The molecule has 4 rings (SSSR count). The summed E-state index contributed by atoms with van der Waals surface area (Å²) in [5, 5.41) is 17.1. The number of urea groups is 1. The first-order valence-corrected chi connectivity index (χ1v) is 10.9. The van der Waals surface area contributed by atoms with Gasteiger partial charge in [0.15, 0.2) is 17.6 Å². The Kier molecular flexibility index (Phi) is 6.55. The van der Waals surface area contributed by atoms with Crippen molar-refractivity contribution in [3.8, 4) is 17.2 Å². The summed E-state index contributed by atoms with van der Waals surface area (Å²) in [6, 6.07) is 12.6. The number of hydrogen-bond acceptors (Lipinski definition) is 8. The molecule has 1 aliphatic rings. The van der Waals surface area contributed by atoms with Gasteiger partial charge >= 0.3 is 6.03 Å². The molecule has 0 bridgehead atoms. The number of aryl methyl sites for hydroxylation is 2. The van der Waals surface area contributed by atoms with E-state index in [1.807, 2.05) is 50.2 Å². The van der Waals surface area contributed by atoms with E-state index in [0.29, 0.717) is 23.3 Å². The van der Waals surface area contributed by atoms with Crippen LogP contribution in [-0.4, -0.2) is 57.2 Å². The maximum Gasteiger partial charge on any atom is 0.321 e. The zero-order chi connectivity index (χ0) is 22.5. The number of amides is 3. The summed E-state index contributed by atoms with van der Waals surface area (Å²) in [7, 11) is 0. The molecule has 1 atom stereocenters. The molecule has 3 amide bonds. The maximum atomic E-state index is 12.2. The summed E-state index contributed by atoms with van der Waals surface area (Å²) in [5.41, 5.74) is 2.98. The van der Waals surface area contributed by atoms with E-state index in [-0.39, 0.29) is 18.4 Å². The average molecular weight is 455 g/mol. The van der Waals surface area contributed by atoms with Crippen LogP contribution < -0.4 is 20.1 Å². The summed E-state index contributed by atoms with van der Waals surface area (Å²) in [6.45, 7) is 4.48. The highest BCUT2D eigenvalue weighted by Gasteiger charge is 2.21. The number of nitrogens with zero attached hydrogens (tertiary/aromatic N) is 4. The van der Waals surface area contributed by atoms with Gasteiger partial charge < -0.3 is 14.8 Å². The summed E-state index contributed by atoms with van der Waals surface area (Å²) < 4.78 is 13.0. The molecule has 0 fully saturated rings. The monoisotopic (exact) mass is 454 g/mol. The predicted molar refractivity (Wildman–Crippen MR) is 117 cm³/mol. The second kappa shape index (κ2) is 9.69. The van der Waals surface area contributed by atoms with Crippen LogP contribution in [0, 0.1) is 13.8 Å². The Hall–Kier alpha value is -3.60. The number of aromatic nitrogens is 4. The number of benzene rings is 2. The minimum absolute atomic E-state index is 0.0187. The van der Waals surface area contributed by atoms with Crippen molar-refractivity contribution in [3.63, 3.8) is 0 Å². The Morgan fingerprint density at radius 2 is 2.00 bits per heavy atom. The molecule has 32 heavy (non-hydrogen) atoms. The van der Waals surface area contributed by atoms with E-state index in [1.54, 1.807) is 10.7 Å². The molecule has 0 spiro atoms. The Balaban J connectivity index is 1.24. The lowest BCUT2D eigenvalue weighted by atomic mass is 10.1. The first kappa shape index (κ1) is 21.6.